The lowest BCUT2D eigenvalue weighted by atomic mass is 9.89. The Morgan fingerprint density at radius 2 is 1.65 bits per heavy atom. The Morgan fingerprint density at radius 3 is 2.32 bits per heavy atom. The molecule has 2 heterocycles. The first-order valence-electron chi connectivity index (χ1n) is 11.7. The number of nitrogens with one attached hydrogen (secondary N) is 1. The molecule has 0 fully saturated rings. The standard InChI is InChI=1S/C27H28N2O4S/c1-17-4-13-22-23(16-17)34-27-24(22)26(30)28-25(29-27)18-5-7-20(8-6-18)32-14-3-15-33-21-11-9-19(31-2)10-12-21/h5-12,17H,3-4,13-16H2,1-2H3,(H,28,29,30)/t17-/m0/s1. The summed E-state index contributed by atoms with van der Waals surface area (Å²) in [7, 11) is 1.64. The van der Waals surface area contributed by atoms with Crippen molar-refractivity contribution in [2.75, 3.05) is 20.3 Å². The third kappa shape index (κ3) is 4.80. The maximum absolute atomic E-state index is 12.9. The zero-order valence-electron chi connectivity index (χ0n) is 19.4. The van der Waals surface area contributed by atoms with Gasteiger partial charge in [-0.2, -0.15) is 0 Å². The summed E-state index contributed by atoms with van der Waals surface area (Å²) in [6, 6.07) is 15.2. The normalized spacial score (nSPS) is 15.2. The molecule has 4 aromatic rings. The highest BCUT2D eigenvalue weighted by Crippen LogP contribution is 2.36. The molecule has 7 heteroatoms. The van der Waals surface area contributed by atoms with Crippen molar-refractivity contribution in [1.29, 1.82) is 0 Å². The number of methoxy groups -OCH3 is 1. The number of thiophene rings is 1. The third-order valence-corrected chi connectivity index (χ3v) is 7.33. The van der Waals surface area contributed by atoms with Crippen molar-refractivity contribution in [2.24, 2.45) is 5.92 Å². The second kappa shape index (κ2) is 9.89. The number of nitrogens with zero attached hydrogens (tertiary/aromatic N) is 1. The van der Waals surface area contributed by atoms with Crippen LogP contribution in [0, 0.1) is 5.92 Å². The van der Waals surface area contributed by atoms with Gasteiger partial charge in [-0.15, -0.1) is 11.3 Å². The van der Waals surface area contributed by atoms with Crippen LogP contribution in [0.15, 0.2) is 53.3 Å². The fourth-order valence-electron chi connectivity index (χ4n) is 4.31. The van der Waals surface area contributed by atoms with E-state index in [1.54, 1.807) is 18.4 Å². The lowest BCUT2D eigenvalue weighted by Gasteiger charge is -2.17. The molecule has 1 N–H and O–H groups in total. The second-order valence-electron chi connectivity index (χ2n) is 8.70. The van der Waals surface area contributed by atoms with Crippen LogP contribution in [0.25, 0.3) is 21.6 Å². The van der Waals surface area contributed by atoms with Gasteiger partial charge in [0.25, 0.3) is 5.56 Å². The maximum Gasteiger partial charge on any atom is 0.260 e. The molecule has 2 aromatic carbocycles. The number of fused-ring (bicyclic) bond motifs is 3. The van der Waals surface area contributed by atoms with Crippen LogP contribution in [0.3, 0.4) is 0 Å². The van der Waals surface area contributed by atoms with Gasteiger partial charge >= 0.3 is 0 Å². The molecule has 0 spiro atoms. The minimum atomic E-state index is -0.0377. The summed E-state index contributed by atoms with van der Waals surface area (Å²) in [6.07, 6.45) is 3.91. The summed E-state index contributed by atoms with van der Waals surface area (Å²) in [4.78, 5) is 22.8. The minimum absolute atomic E-state index is 0.0377. The highest BCUT2D eigenvalue weighted by atomic mass is 32.1. The molecular weight excluding hydrogens is 448 g/mol. The van der Waals surface area contributed by atoms with E-state index < -0.39 is 0 Å². The predicted octanol–water partition coefficient (Wildman–Crippen LogP) is 5.63. The number of aromatic nitrogens is 2. The van der Waals surface area contributed by atoms with E-state index in [9.17, 15) is 4.79 Å². The van der Waals surface area contributed by atoms with Crippen LogP contribution < -0.4 is 19.8 Å². The predicted molar refractivity (Wildman–Crippen MR) is 135 cm³/mol. The van der Waals surface area contributed by atoms with Gasteiger partial charge in [0, 0.05) is 16.9 Å². The van der Waals surface area contributed by atoms with Crippen molar-refractivity contribution in [2.45, 2.75) is 32.6 Å². The van der Waals surface area contributed by atoms with Gasteiger partial charge in [-0.3, -0.25) is 4.79 Å². The Morgan fingerprint density at radius 1 is 1.00 bits per heavy atom. The average molecular weight is 477 g/mol. The van der Waals surface area contributed by atoms with Gasteiger partial charge in [0.05, 0.1) is 25.7 Å². The van der Waals surface area contributed by atoms with E-state index in [-0.39, 0.29) is 5.56 Å². The summed E-state index contributed by atoms with van der Waals surface area (Å²) in [5, 5.41) is 0.785. The molecule has 0 saturated carbocycles. The molecule has 0 saturated heterocycles. The molecule has 0 unspecified atom stereocenters. The highest BCUT2D eigenvalue weighted by Gasteiger charge is 2.23. The molecule has 1 atom stereocenters. The zero-order chi connectivity index (χ0) is 23.5. The Labute approximate surface area is 202 Å². The third-order valence-electron chi connectivity index (χ3n) is 6.18. The van der Waals surface area contributed by atoms with E-state index >= 15 is 0 Å². The molecule has 34 heavy (non-hydrogen) atoms. The quantitative estimate of drug-likeness (QED) is 0.334. The summed E-state index contributed by atoms with van der Waals surface area (Å²) >= 11 is 1.67. The molecule has 176 valence electrons. The first-order valence-corrected chi connectivity index (χ1v) is 12.5. The summed E-state index contributed by atoms with van der Waals surface area (Å²) in [5.41, 5.74) is 2.04. The number of ether oxygens (including phenoxy) is 3. The summed E-state index contributed by atoms with van der Waals surface area (Å²) in [6.45, 7) is 3.39. The van der Waals surface area contributed by atoms with E-state index in [0.29, 0.717) is 25.0 Å². The monoisotopic (exact) mass is 476 g/mol. The number of aromatic amines is 1. The summed E-state index contributed by atoms with van der Waals surface area (Å²) in [5.74, 6) is 3.66. The van der Waals surface area contributed by atoms with E-state index in [0.717, 1.165) is 58.7 Å². The molecule has 1 aliphatic rings. The zero-order valence-corrected chi connectivity index (χ0v) is 20.2. The molecule has 0 bridgehead atoms. The lowest BCUT2D eigenvalue weighted by Crippen LogP contribution is -2.13. The Balaban J connectivity index is 1.19. The van der Waals surface area contributed by atoms with Crippen molar-refractivity contribution in [3.8, 4) is 28.6 Å². The molecule has 6 nitrogen and oxygen atoms in total. The number of hydrogen-bond donors (Lipinski definition) is 1. The van der Waals surface area contributed by atoms with Crippen molar-refractivity contribution in [1.82, 2.24) is 9.97 Å². The topological polar surface area (TPSA) is 73.4 Å². The molecule has 2 aromatic heterocycles. The van der Waals surface area contributed by atoms with Crippen molar-refractivity contribution in [3.05, 3.63) is 69.3 Å². The molecule has 1 aliphatic carbocycles. The van der Waals surface area contributed by atoms with Crippen LogP contribution in [-0.2, 0) is 12.8 Å². The molecule has 5 rings (SSSR count). The van der Waals surface area contributed by atoms with E-state index in [1.807, 2.05) is 48.5 Å². The largest absolute Gasteiger partial charge is 0.497 e. The van der Waals surface area contributed by atoms with Gasteiger partial charge < -0.3 is 19.2 Å². The van der Waals surface area contributed by atoms with Crippen molar-refractivity contribution < 1.29 is 14.2 Å². The smallest absolute Gasteiger partial charge is 0.260 e. The number of H-pyrrole nitrogens is 1. The van der Waals surface area contributed by atoms with Gasteiger partial charge in [-0.25, -0.2) is 4.98 Å². The maximum atomic E-state index is 12.9. The Kier molecular flexibility index (Phi) is 6.54. The lowest BCUT2D eigenvalue weighted by molar-refractivity contribution is 0.247. The number of benzene rings is 2. The molecular formula is C27H28N2O4S. The molecule has 0 amide bonds. The van der Waals surface area contributed by atoms with Gasteiger partial charge in [-0.1, -0.05) is 6.92 Å². The van der Waals surface area contributed by atoms with Crippen LogP contribution in [0.1, 0.15) is 30.2 Å². The second-order valence-corrected chi connectivity index (χ2v) is 9.78. The van der Waals surface area contributed by atoms with Crippen molar-refractivity contribution >= 4 is 21.6 Å². The highest BCUT2D eigenvalue weighted by molar-refractivity contribution is 7.18. The first-order chi connectivity index (χ1) is 16.6. The Hall–Kier alpha value is -3.32. The summed E-state index contributed by atoms with van der Waals surface area (Å²) < 4.78 is 16.7. The van der Waals surface area contributed by atoms with Gasteiger partial charge in [0.2, 0.25) is 0 Å². The molecule has 0 radical (unpaired) electrons. The number of aryl methyl sites for hydroxylation is 1. The van der Waals surface area contributed by atoms with E-state index in [1.165, 1.54) is 10.4 Å². The number of rotatable bonds is 8. The van der Waals surface area contributed by atoms with Gasteiger partial charge in [0.1, 0.15) is 27.9 Å². The fourth-order valence-corrected chi connectivity index (χ4v) is 5.69. The van der Waals surface area contributed by atoms with Crippen LogP contribution >= 0.6 is 11.3 Å². The van der Waals surface area contributed by atoms with E-state index in [4.69, 9.17) is 19.2 Å². The van der Waals surface area contributed by atoms with Crippen LogP contribution in [-0.4, -0.2) is 30.3 Å². The average Bonchev–Trinajstić information content (AvgIpc) is 3.22. The van der Waals surface area contributed by atoms with Crippen molar-refractivity contribution in [3.63, 3.8) is 0 Å². The molecule has 0 aliphatic heterocycles. The Bertz CT molecular complexity index is 1330. The minimum Gasteiger partial charge on any atom is -0.497 e. The van der Waals surface area contributed by atoms with Gasteiger partial charge in [0.15, 0.2) is 0 Å². The fraction of sp³-hybridized carbons (Fsp3) is 0.333. The number of hydrogen-bond acceptors (Lipinski definition) is 6. The van der Waals surface area contributed by atoms with Crippen LogP contribution in [0.2, 0.25) is 0 Å². The van der Waals surface area contributed by atoms with E-state index in [2.05, 4.69) is 11.9 Å². The first kappa shape index (κ1) is 22.5. The van der Waals surface area contributed by atoms with Crippen LogP contribution in [0.4, 0.5) is 0 Å². The van der Waals surface area contributed by atoms with Gasteiger partial charge in [-0.05, 0) is 79.3 Å². The SMILES string of the molecule is COc1ccc(OCCCOc2ccc(-c3nc4sc5c(c4c(=O)[nH]3)CC[C@H](C)C5)cc2)cc1. The van der Waals surface area contributed by atoms with Crippen LogP contribution in [0.5, 0.6) is 17.2 Å².